The van der Waals surface area contributed by atoms with Crippen molar-refractivity contribution in [2.75, 3.05) is 6.26 Å². The summed E-state index contributed by atoms with van der Waals surface area (Å²) in [5.41, 5.74) is 1.05. The van der Waals surface area contributed by atoms with Gasteiger partial charge in [0.15, 0.2) is 14.9 Å². The van der Waals surface area contributed by atoms with Crippen molar-refractivity contribution in [1.29, 1.82) is 0 Å². The van der Waals surface area contributed by atoms with E-state index in [2.05, 4.69) is 16.9 Å². The quantitative estimate of drug-likeness (QED) is 0.448. The molecule has 2 aromatic rings. The molecular formula is C25H24ClF2N3O4S. The van der Waals surface area contributed by atoms with Crippen molar-refractivity contribution in [3.8, 4) is 0 Å². The Kier molecular flexibility index (Phi) is 6.15. The number of carbonyl (C=O) groups is 2. The lowest BCUT2D eigenvalue weighted by molar-refractivity contribution is -0.126. The number of hydrogen-bond acceptors (Lipinski definition) is 5. The fourth-order valence-electron chi connectivity index (χ4n) is 5.20. The number of nitrogens with zero attached hydrogens (tertiary/aromatic N) is 2. The second-order valence-electron chi connectivity index (χ2n) is 9.77. The van der Waals surface area contributed by atoms with Crippen LogP contribution in [0.15, 0.2) is 47.6 Å². The molecule has 1 N–H and O–H groups in total. The largest absolute Gasteiger partial charge is 0.347 e. The summed E-state index contributed by atoms with van der Waals surface area (Å²) < 4.78 is 52.7. The Morgan fingerprint density at radius 1 is 1.22 bits per heavy atom. The van der Waals surface area contributed by atoms with Crippen LogP contribution in [0.1, 0.15) is 47.6 Å². The SMILES string of the molecule is C=C1C[C@@H]2[C@H]1C[C@H](C(=O)N[C@@H](c1cc(F)c(Cl)cc1F)C1CC1)N2C(=O)c1ccnc(S(C)(=O)=O)c1. The molecule has 5 rings (SSSR count). The molecule has 0 spiro atoms. The molecule has 2 heterocycles. The standard InChI is InChI=1S/C25H24ClF2N3O4S/c1-12-7-20-15(12)10-21(31(20)25(33)14-5-6-29-22(8-14)36(2,34)35)24(32)30-23(13-3-4-13)16-9-19(28)17(26)11-18(16)27/h5-6,8-9,11,13,15,20-21,23H,1,3-4,7,10H2,2H3,(H,30,32)/t15-,20+,21+,23+/m0/s1. The molecule has 4 atom stereocenters. The molecule has 2 amide bonds. The molecule has 2 saturated carbocycles. The van der Waals surface area contributed by atoms with Crippen molar-refractivity contribution < 1.29 is 26.8 Å². The molecule has 0 unspecified atom stereocenters. The number of nitrogens with one attached hydrogen (secondary N) is 1. The lowest BCUT2D eigenvalue weighted by Gasteiger charge is -2.39. The van der Waals surface area contributed by atoms with E-state index in [9.17, 15) is 26.8 Å². The minimum atomic E-state index is -3.64. The summed E-state index contributed by atoms with van der Waals surface area (Å²) in [6.45, 7) is 4.02. The van der Waals surface area contributed by atoms with Gasteiger partial charge < -0.3 is 10.2 Å². The fraction of sp³-hybridized carbons (Fsp3) is 0.400. The first-order valence-electron chi connectivity index (χ1n) is 11.6. The van der Waals surface area contributed by atoms with Gasteiger partial charge in [0.25, 0.3) is 5.91 Å². The van der Waals surface area contributed by atoms with Crippen molar-refractivity contribution in [2.24, 2.45) is 11.8 Å². The number of hydrogen-bond donors (Lipinski definition) is 1. The first kappa shape index (κ1) is 24.8. The summed E-state index contributed by atoms with van der Waals surface area (Å²) in [7, 11) is -3.64. The lowest BCUT2D eigenvalue weighted by atomic mass is 9.75. The van der Waals surface area contributed by atoms with Crippen LogP contribution in [0.3, 0.4) is 0 Å². The number of aromatic nitrogens is 1. The number of likely N-dealkylation sites (tertiary alicyclic amines) is 1. The van der Waals surface area contributed by atoms with Gasteiger partial charge in [0.2, 0.25) is 5.91 Å². The third-order valence-electron chi connectivity index (χ3n) is 7.30. The molecule has 190 valence electrons. The molecular weight excluding hydrogens is 512 g/mol. The number of rotatable bonds is 6. The Morgan fingerprint density at radius 2 is 1.94 bits per heavy atom. The lowest BCUT2D eigenvalue weighted by Crippen LogP contribution is -2.51. The average Bonchev–Trinajstić information content (AvgIpc) is 3.61. The number of sulfone groups is 1. The van der Waals surface area contributed by atoms with Crippen LogP contribution >= 0.6 is 11.6 Å². The number of pyridine rings is 1. The first-order chi connectivity index (χ1) is 17.0. The van der Waals surface area contributed by atoms with Gasteiger partial charge in [0.1, 0.15) is 17.7 Å². The van der Waals surface area contributed by atoms with Crippen LogP contribution in [0.25, 0.3) is 0 Å². The van der Waals surface area contributed by atoms with Gasteiger partial charge >= 0.3 is 0 Å². The third kappa shape index (κ3) is 4.41. The Balaban J connectivity index is 1.44. The van der Waals surface area contributed by atoms with Crippen LogP contribution < -0.4 is 5.32 Å². The molecule has 1 aliphatic heterocycles. The van der Waals surface area contributed by atoms with Crippen molar-refractivity contribution in [3.63, 3.8) is 0 Å². The smallest absolute Gasteiger partial charge is 0.254 e. The highest BCUT2D eigenvalue weighted by atomic mass is 35.5. The maximum absolute atomic E-state index is 14.7. The molecule has 1 aromatic carbocycles. The van der Waals surface area contributed by atoms with Gasteiger partial charge in [-0.1, -0.05) is 23.8 Å². The number of carbonyl (C=O) groups excluding carboxylic acids is 2. The van der Waals surface area contributed by atoms with Crippen LogP contribution in [0.4, 0.5) is 8.78 Å². The maximum Gasteiger partial charge on any atom is 0.254 e. The molecule has 1 aromatic heterocycles. The molecule has 0 radical (unpaired) electrons. The van der Waals surface area contributed by atoms with E-state index in [1.807, 2.05) is 0 Å². The summed E-state index contributed by atoms with van der Waals surface area (Å²) in [4.78, 5) is 32.4. The molecule has 0 bridgehead atoms. The molecule has 1 saturated heterocycles. The van der Waals surface area contributed by atoms with Gasteiger partial charge in [-0.2, -0.15) is 0 Å². The van der Waals surface area contributed by atoms with Gasteiger partial charge in [0, 0.05) is 35.5 Å². The van der Waals surface area contributed by atoms with Crippen LogP contribution in [-0.2, 0) is 14.6 Å². The van der Waals surface area contributed by atoms with E-state index in [0.29, 0.717) is 12.8 Å². The van der Waals surface area contributed by atoms with E-state index in [1.165, 1.54) is 23.2 Å². The zero-order valence-electron chi connectivity index (χ0n) is 19.4. The van der Waals surface area contributed by atoms with Gasteiger partial charge in [0.05, 0.1) is 11.1 Å². The molecule has 11 heteroatoms. The topological polar surface area (TPSA) is 96.4 Å². The van der Waals surface area contributed by atoms with Gasteiger partial charge in [-0.3, -0.25) is 9.59 Å². The molecule has 36 heavy (non-hydrogen) atoms. The summed E-state index contributed by atoms with van der Waals surface area (Å²) in [6.07, 6.45) is 4.61. The van der Waals surface area contributed by atoms with E-state index in [1.54, 1.807) is 0 Å². The van der Waals surface area contributed by atoms with E-state index in [-0.39, 0.29) is 39.1 Å². The predicted molar refractivity (Wildman–Crippen MR) is 128 cm³/mol. The van der Waals surface area contributed by atoms with Gasteiger partial charge in [-0.05, 0) is 55.9 Å². The van der Waals surface area contributed by atoms with Crippen molar-refractivity contribution >= 4 is 33.3 Å². The monoisotopic (exact) mass is 535 g/mol. The molecule has 3 aliphatic rings. The van der Waals surface area contributed by atoms with Crippen molar-refractivity contribution in [2.45, 2.75) is 48.8 Å². The first-order valence-corrected chi connectivity index (χ1v) is 13.8. The van der Waals surface area contributed by atoms with Crippen LogP contribution in [0.2, 0.25) is 5.02 Å². The minimum absolute atomic E-state index is 0.0166. The summed E-state index contributed by atoms with van der Waals surface area (Å²) in [5, 5.41) is 2.28. The van der Waals surface area contributed by atoms with Gasteiger partial charge in [-0.15, -0.1) is 0 Å². The Morgan fingerprint density at radius 3 is 2.58 bits per heavy atom. The predicted octanol–water partition coefficient (Wildman–Crippen LogP) is 3.84. The molecule has 3 fully saturated rings. The van der Waals surface area contributed by atoms with Crippen LogP contribution in [-0.4, -0.2) is 48.5 Å². The maximum atomic E-state index is 14.7. The van der Waals surface area contributed by atoms with Crippen molar-refractivity contribution in [1.82, 2.24) is 15.2 Å². The highest BCUT2D eigenvalue weighted by Crippen LogP contribution is 2.48. The minimum Gasteiger partial charge on any atom is -0.347 e. The number of fused-ring (bicyclic) bond motifs is 1. The summed E-state index contributed by atoms with van der Waals surface area (Å²) in [5.74, 6) is -2.58. The Labute approximate surface area is 212 Å². The highest BCUT2D eigenvalue weighted by molar-refractivity contribution is 7.90. The number of benzene rings is 1. The van der Waals surface area contributed by atoms with Crippen LogP contribution in [0.5, 0.6) is 0 Å². The Hall–Kier alpha value is -2.85. The van der Waals surface area contributed by atoms with Crippen molar-refractivity contribution in [3.05, 3.63) is 70.4 Å². The third-order valence-corrected chi connectivity index (χ3v) is 8.57. The van der Waals surface area contributed by atoms with E-state index in [4.69, 9.17) is 11.6 Å². The number of halogens is 3. The zero-order valence-corrected chi connectivity index (χ0v) is 21.0. The normalized spacial score (nSPS) is 24.2. The zero-order chi connectivity index (χ0) is 25.9. The molecule has 2 aliphatic carbocycles. The van der Waals surface area contributed by atoms with Gasteiger partial charge in [-0.25, -0.2) is 22.2 Å². The molecule has 7 nitrogen and oxygen atoms in total. The average molecular weight is 536 g/mol. The summed E-state index contributed by atoms with van der Waals surface area (Å²) in [6, 6.07) is 2.63. The summed E-state index contributed by atoms with van der Waals surface area (Å²) >= 11 is 5.70. The Bertz CT molecular complexity index is 1400. The second kappa shape index (κ2) is 8.92. The van der Waals surface area contributed by atoms with Crippen LogP contribution in [0, 0.1) is 23.5 Å². The fourth-order valence-corrected chi connectivity index (χ4v) is 5.94. The second-order valence-corrected chi connectivity index (χ2v) is 12.1. The van der Waals surface area contributed by atoms with E-state index >= 15 is 0 Å². The van der Waals surface area contributed by atoms with E-state index < -0.39 is 45.4 Å². The highest BCUT2D eigenvalue weighted by Gasteiger charge is 2.53. The number of amides is 2. The van der Waals surface area contributed by atoms with E-state index in [0.717, 1.165) is 36.8 Å².